The summed E-state index contributed by atoms with van der Waals surface area (Å²) >= 11 is 0. The molecule has 0 saturated carbocycles. The van der Waals surface area contributed by atoms with Gasteiger partial charge in [-0.25, -0.2) is 32.6 Å². The van der Waals surface area contributed by atoms with E-state index in [1.54, 1.807) is 0 Å². The van der Waals surface area contributed by atoms with Crippen LogP contribution in [0.3, 0.4) is 0 Å². The van der Waals surface area contributed by atoms with Gasteiger partial charge in [0.15, 0.2) is 17.5 Å². The second-order valence-electron chi connectivity index (χ2n) is 12.6. The van der Waals surface area contributed by atoms with Crippen LogP contribution in [0.25, 0.3) is 0 Å². The van der Waals surface area contributed by atoms with Crippen molar-refractivity contribution in [3.05, 3.63) is 108 Å². The van der Waals surface area contributed by atoms with Crippen molar-refractivity contribution in [3.63, 3.8) is 0 Å². The van der Waals surface area contributed by atoms with E-state index in [1.807, 2.05) is 0 Å². The fourth-order valence-corrected chi connectivity index (χ4v) is 18.1. The van der Waals surface area contributed by atoms with Crippen LogP contribution in [-0.4, -0.2) is 97.4 Å². The van der Waals surface area contributed by atoms with E-state index in [0.717, 1.165) is 60.4 Å². The molecule has 3 aromatic carbocycles. The quantitative estimate of drug-likeness (QED) is 0.233. The highest BCUT2D eigenvalue weighted by Gasteiger charge is 2.59. The van der Waals surface area contributed by atoms with Crippen LogP contribution in [-0.2, 0) is 0 Å². The Morgan fingerprint density at radius 1 is 0.500 bits per heavy atom. The summed E-state index contributed by atoms with van der Waals surface area (Å²) in [6.07, 6.45) is 7.29. The monoisotopic (exact) mass is 699 g/mol. The number of hydrazone groups is 3. The molecule has 2 fully saturated rings. The molecule has 3 aromatic rings. The first-order valence-electron chi connectivity index (χ1n) is 17.0. The molecule has 0 radical (unpaired) electrons. The lowest BCUT2D eigenvalue weighted by Crippen LogP contribution is -2.43. The molecule has 0 aromatic heterocycles. The van der Waals surface area contributed by atoms with Crippen molar-refractivity contribution < 1.29 is 0 Å². The molecule has 5 heterocycles. The standard InChI is InChI=1S/C34H44N11P3/c1-39-36-33(30-21-11-5-12-22-30)44(46(39)42-25-15-7-16-26-42)48(38-32(35-41(48)3)29-19-9-4-10-20-29)45-34(31-23-13-6-14-24-31)37-40(2)47(45)43-27-17-8-18-28-43/h4-6,9-14,19-24H,7-8,15-18,25-28H2,1-3H3. The summed E-state index contributed by atoms with van der Waals surface area (Å²) in [4.78, 5) is 0. The van der Waals surface area contributed by atoms with E-state index in [-0.39, 0.29) is 0 Å². The van der Waals surface area contributed by atoms with Gasteiger partial charge in [0, 0.05) is 64.0 Å². The van der Waals surface area contributed by atoms with Crippen LogP contribution >= 0.6 is 24.3 Å². The number of rotatable bonds is 7. The molecule has 2 unspecified atom stereocenters. The Morgan fingerprint density at radius 3 is 1.31 bits per heavy atom. The highest BCUT2D eigenvalue weighted by molar-refractivity contribution is 7.79. The van der Waals surface area contributed by atoms with Crippen LogP contribution in [0.2, 0.25) is 0 Å². The van der Waals surface area contributed by atoms with Crippen LogP contribution in [0.4, 0.5) is 0 Å². The summed E-state index contributed by atoms with van der Waals surface area (Å²) in [5.41, 5.74) is 3.21. The first-order chi connectivity index (χ1) is 23.6. The predicted molar refractivity (Wildman–Crippen MR) is 200 cm³/mol. The number of amidine groups is 3. The maximum atomic E-state index is 5.95. The van der Waals surface area contributed by atoms with Crippen molar-refractivity contribution in [1.29, 1.82) is 0 Å². The van der Waals surface area contributed by atoms with Crippen molar-refractivity contribution in [3.8, 4) is 0 Å². The van der Waals surface area contributed by atoms with Crippen LogP contribution < -0.4 is 0 Å². The number of piperidine rings is 2. The van der Waals surface area contributed by atoms with E-state index in [1.165, 1.54) is 38.5 Å². The van der Waals surface area contributed by atoms with Crippen LogP contribution in [0, 0.1) is 0 Å². The third-order valence-corrected chi connectivity index (χ3v) is 18.5. The Morgan fingerprint density at radius 2 is 0.896 bits per heavy atom. The second kappa shape index (κ2) is 13.5. The molecule has 250 valence electrons. The summed E-state index contributed by atoms with van der Waals surface area (Å²) < 4.78 is 23.2. The summed E-state index contributed by atoms with van der Waals surface area (Å²) in [5, 5.41) is 16.2. The van der Waals surface area contributed by atoms with Crippen molar-refractivity contribution >= 4 is 41.8 Å². The van der Waals surface area contributed by atoms with Crippen LogP contribution in [0.5, 0.6) is 0 Å². The number of hydrogen-bond donors (Lipinski definition) is 0. The molecule has 0 aliphatic carbocycles. The SMILES string of the molecule is CN1N=C(c2ccccc2)N(P2(N3C(c4ccccc4)=NN(C)P3N3CCCCC3)=NC(c3ccccc3)=NN2C)P1N1CCCCC1. The maximum Gasteiger partial charge on any atom is 0.280 e. The van der Waals surface area contributed by atoms with Crippen LogP contribution in [0.15, 0.2) is 111 Å². The molecule has 2 saturated heterocycles. The molecule has 5 aliphatic rings. The summed E-state index contributed by atoms with van der Waals surface area (Å²) in [7, 11) is 1.36. The third-order valence-electron chi connectivity index (χ3n) is 9.35. The van der Waals surface area contributed by atoms with Gasteiger partial charge in [-0.2, -0.15) is 14.9 Å². The van der Waals surface area contributed by atoms with Crippen molar-refractivity contribution in [1.82, 2.24) is 32.6 Å². The highest BCUT2D eigenvalue weighted by atomic mass is 31.2. The van der Waals surface area contributed by atoms with E-state index in [9.17, 15) is 0 Å². The van der Waals surface area contributed by atoms with Gasteiger partial charge in [0.1, 0.15) is 0 Å². The molecule has 0 spiro atoms. The fourth-order valence-electron chi connectivity index (χ4n) is 7.08. The Balaban J connectivity index is 1.40. The molecule has 0 amide bonds. The minimum Gasteiger partial charge on any atom is -0.246 e. The molecule has 8 rings (SSSR count). The van der Waals surface area contributed by atoms with Gasteiger partial charge in [0.2, 0.25) is 16.7 Å². The van der Waals surface area contributed by atoms with E-state index in [4.69, 9.17) is 20.0 Å². The molecule has 11 nitrogen and oxygen atoms in total. The lowest BCUT2D eigenvalue weighted by molar-refractivity contribution is 0.341. The van der Waals surface area contributed by atoms with Gasteiger partial charge in [-0.3, -0.25) is 0 Å². The zero-order valence-electron chi connectivity index (χ0n) is 28.0. The topological polar surface area (TPSA) is 72.1 Å². The number of hydrogen-bond acceptors (Lipinski definition) is 11. The van der Waals surface area contributed by atoms with Gasteiger partial charge in [-0.15, -0.1) is 5.10 Å². The average molecular weight is 700 g/mol. The zero-order valence-corrected chi connectivity index (χ0v) is 30.7. The Kier molecular flexibility index (Phi) is 9.00. The number of benzene rings is 3. The van der Waals surface area contributed by atoms with E-state index in [0.29, 0.717) is 0 Å². The smallest absolute Gasteiger partial charge is 0.246 e. The van der Waals surface area contributed by atoms with Crippen molar-refractivity contribution in [2.45, 2.75) is 38.5 Å². The lowest BCUT2D eigenvalue weighted by Gasteiger charge is -2.51. The Hall–Kier alpha value is -3.32. The first-order valence-corrected chi connectivity index (χ1v) is 21.0. The minimum atomic E-state index is -2.97. The minimum absolute atomic E-state index is 0.762. The van der Waals surface area contributed by atoms with E-state index >= 15 is 0 Å². The molecule has 5 aliphatic heterocycles. The van der Waals surface area contributed by atoms with Gasteiger partial charge in [-0.05, 0) is 25.7 Å². The zero-order chi connectivity index (χ0) is 32.7. The molecule has 14 heteroatoms. The molecule has 0 N–H and O–H groups in total. The average Bonchev–Trinajstić information content (AvgIpc) is 3.80. The molecule has 0 bridgehead atoms. The Bertz CT molecular complexity index is 1650. The Labute approximate surface area is 287 Å². The van der Waals surface area contributed by atoms with Gasteiger partial charge in [0.05, 0.1) is 0 Å². The van der Waals surface area contributed by atoms with E-state index < -0.39 is 24.3 Å². The summed E-state index contributed by atoms with van der Waals surface area (Å²) in [6.45, 7) is 4.17. The van der Waals surface area contributed by atoms with Gasteiger partial charge in [0.25, 0.3) is 7.51 Å². The molecule has 48 heavy (non-hydrogen) atoms. The van der Waals surface area contributed by atoms with Gasteiger partial charge in [-0.1, -0.05) is 104 Å². The third kappa shape index (κ3) is 5.54. The van der Waals surface area contributed by atoms with Gasteiger partial charge < -0.3 is 0 Å². The second-order valence-corrected chi connectivity index (χ2v) is 20.1. The summed E-state index contributed by atoms with van der Waals surface area (Å²) in [5.74, 6) is 2.68. The predicted octanol–water partition coefficient (Wildman–Crippen LogP) is 7.88. The maximum absolute atomic E-state index is 5.95. The number of nitrogens with zero attached hydrogens (tertiary/aromatic N) is 11. The molecule has 2 atom stereocenters. The highest BCUT2D eigenvalue weighted by Crippen LogP contribution is 2.80. The largest absolute Gasteiger partial charge is 0.280 e. The van der Waals surface area contributed by atoms with Crippen molar-refractivity contribution in [2.24, 2.45) is 20.0 Å². The normalized spacial score (nSPS) is 26.9. The molecular formula is C34H44N11P3. The molecular weight excluding hydrogens is 655 g/mol. The first kappa shape index (κ1) is 31.9. The van der Waals surface area contributed by atoms with Gasteiger partial charge >= 0.3 is 0 Å². The lowest BCUT2D eigenvalue weighted by atomic mass is 10.2. The summed E-state index contributed by atoms with van der Waals surface area (Å²) in [6, 6.07) is 31.9. The van der Waals surface area contributed by atoms with Crippen molar-refractivity contribution in [2.75, 3.05) is 47.3 Å². The van der Waals surface area contributed by atoms with E-state index in [2.05, 4.69) is 145 Å². The van der Waals surface area contributed by atoms with Crippen LogP contribution in [0.1, 0.15) is 55.2 Å². The fraction of sp³-hybridized carbons (Fsp3) is 0.382.